The van der Waals surface area contributed by atoms with Gasteiger partial charge in [-0.3, -0.25) is 9.59 Å². The predicted octanol–water partition coefficient (Wildman–Crippen LogP) is 5.00. The van der Waals surface area contributed by atoms with Gasteiger partial charge in [0.2, 0.25) is 5.91 Å². The molecule has 0 fully saturated rings. The zero-order valence-corrected chi connectivity index (χ0v) is 19.6. The maximum absolute atomic E-state index is 12.5. The number of hydrogen-bond donors (Lipinski definition) is 2. The molecule has 1 atom stereocenters. The number of halogens is 3. The van der Waals surface area contributed by atoms with Crippen molar-refractivity contribution in [2.24, 2.45) is 7.05 Å². The van der Waals surface area contributed by atoms with Crippen LogP contribution in [0.15, 0.2) is 47.6 Å². The lowest BCUT2D eigenvalue weighted by molar-refractivity contribution is -0.113. The molecule has 0 spiro atoms. The van der Waals surface area contributed by atoms with E-state index in [2.05, 4.69) is 20.8 Å². The van der Waals surface area contributed by atoms with Crippen molar-refractivity contribution in [2.75, 3.05) is 11.1 Å². The second-order valence-electron chi connectivity index (χ2n) is 6.54. The van der Waals surface area contributed by atoms with Gasteiger partial charge in [0.15, 0.2) is 11.0 Å². The van der Waals surface area contributed by atoms with Crippen molar-refractivity contribution in [2.45, 2.75) is 18.1 Å². The lowest BCUT2D eigenvalue weighted by Gasteiger charge is -2.14. The van der Waals surface area contributed by atoms with Gasteiger partial charge in [-0.1, -0.05) is 58.7 Å². The average Bonchev–Trinajstić information content (AvgIpc) is 3.10. The molecular formula is C20H18Cl3N5O2S. The molecule has 162 valence electrons. The summed E-state index contributed by atoms with van der Waals surface area (Å²) >= 11 is 19.2. The number of thioether (sulfide) groups is 1. The van der Waals surface area contributed by atoms with E-state index in [1.807, 2.05) is 0 Å². The van der Waals surface area contributed by atoms with E-state index >= 15 is 0 Å². The topological polar surface area (TPSA) is 88.9 Å². The minimum absolute atomic E-state index is 0.126. The summed E-state index contributed by atoms with van der Waals surface area (Å²) in [6.45, 7) is 1.79. The number of carbonyl (C=O) groups excluding carboxylic acids is 2. The number of anilines is 1. The van der Waals surface area contributed by atoms with Crippen LogP contribution in [0.3, 0.4) is 0 Å². The van der Waals surface area contributed by atoms with Crippen LogP contribution in [0.5, 0.6) is 0 Å². The molecule has 3 rings (SSSR count). The van der Waals surface area contributed by atoms with Gasteiger partial charge in [-0.15, -0.1) is 10.2 Å². The smallest absolute Gasteiger partial charge is 0.251 e. The van der Waals surface area contributed by atoms with E-state index in [-0.39, 0.29) is 17.6 Å². The van der Waals surface area contributed by atoms with Crippen LogP contribution >= 0.6 is 46.6 Å². The third-order valence-electron chi connectivity index (χ3n) is 4.27. The van der Waals surface area contributed by atoms with Crippen LogP contribution in [0.4, 0.5) is 5.69 Å². The van der Waals surface area contributed by atoms with E-state index in [0.717, 1.165) is 0 Å². The molecule has 0 saturated carbocycles. The van der Waals surface area contributed by atoms with Crippen molar-refractivity contribution in [1.82, 2.24) is 20.1 Å². The molecule has 2 N–H and O–H groups in total. The van der Waals surface area contributed by atoms with Crippen LogP contribution in [-0.4, -0.2) is 32.3 Å². The van der Waals surface area contributed by atoms with E-state index in [1.54, 1.807) is 54.9 Å². The largest absolute Gasteiger partial charge is 0.342 e. The van der Waals surface area contributed by atoms with E-state index in [1.165, 1.54) is 17.8 Å². The maximum atomic E-state index is 12.5. The third kappa shape index (κ3) is 5.92. The van der Waals surface area contributed by atoms with Gasteiger partial charge in [0.25, 0.3) is 5.91 Å². The van der Waals surface area contributed by atoms with Crippen LogP contribution in [0.1, 0.15) is 29.1 Å². The highest BCUT2D eigenvalue weighted by molar-refractivity contribution is 7.99. The summed E-state index contributed by atoms with van der Waals surface area (Å²) in [6, 6.07) is 11.2. The fraction of sp³-hybridized carbons (Fsp3) is 0.200. The summed E-state index contributed by atoms with van der Waals surface area (Å²) in [6.07, 6.45) is 0. The van der Waals surface area contributed by atoms with Gasteiger partial charge in [0.05, 0.1) is 32.5 Å². The van der Waals surface area contributed by atoms with Crippen LogP contribution in [0.2, 0.25) is 15.1 Å². The van der Waals surface area contributed by atoms with Crippen LogP contribution in [0, 0.1) is 0 Å². The molecule has 0 aliphatic carbocycles. The minimum Gasteiger partial charge on any atom is -0.342 e. The molecule has 1 aromatic heterocycles. The molecule has 7 nitrogen and oxygen atoms in total. The van der Waals surface area contributed by atoms with E-state index in [4.69, 9.17) is 34.8 Å². The van der Waals surface area contributed by atoms with E-state index < -0.39 is 6.04 Å². The minimum atomic E-state index is -0.425. The molecule has 0 unspecified atom stereocenters. The quantitative estimate of drug-likeness (QED) is 0.448. The van der Waals surface area contributed by atoms with Crippen molar-refractivity contribution >= 4 is 64.1 Å². The lowest BCUT2D eigenvalue weighted by Crippen LogP contribution is -2.28. The Morgan fingerprint density at radius 1 is 1.06 bits per heavy atom. The predicted molar refractivity (Wildman–Crippen MR) is 124 cm³/mol. The van der Waals surface area contributed by atoms with E-state index in [9.17, 15) is 9.59 Å². The summed E-state index contributed by atoms with van der Waals surface area (Å²) in [7, 11) is 1.77. The highest BCUT2D eigenvalue weighted by Gasteiger charge is 2.19. The molecule has 11 heteroatoms. The number of para-hydroxylation sites is 1. The zero-order chi connectivity index (χ0) is 22.5. The molecule has 1 heterocycles. The number of rotatable bonds is 7. The van der Waals surface area contributed by atoms with Crippen molar-refractivity contribution in [3.8, 4) is 0 Å². The monoisotopic (exact) mass is 497 g/mol. The number of hydrogen-bond acceptors (Lipinski definition) is 5. The Balaban J connectivity index is 1.59. The van der Waals surface area contributed by atoms with Gasteiger partial charge in [-0.25, -0.2) is 0 Å². The van der Waals surface area contributed by atoms with E-state index in [0.29, 0.717) is 37.3 Å². The van der Waals surface area contributed by atoms with Crippen molar-refractivity contribution in [3.63, 3.8) is 0 Å². The second-order valence-corrected chi connectivity index (χ2v) is 8.70. The summed E-state index contributed by atoms with van der Waals surface area (Å²) in [5, 5.41) is 15.6. The number of carbonyl (C=O) groups is 2. The number of nitrogens with zero attached hydrogens (tertiary/aromatic N) is 3. The van der Waals surface area contributed by atoms with Crippen molar-refractivity contribution in [3.05, 3.63) is 68.9 Å². The Labute approximate surface area is 198 Å². The average molecular weight is 499 g/mol. The Morgan fingerprint density at radius 2 is 1.81 bits per heavy atom. The second kappa shape index (κ2) is 10.4. The normalized spacial score (nSPS) is 11.8. The first kappa shape index (κ1) is 23.4. The summed E-state index contributed by atoms with van der Waals surface area (Å²) in [5.74, 6) is 0.134. The Morgan fingerprint density at radius 3 is 2.52 bits per heavy atom. The van der Waals surface area contributed by atoms with Gasteiger partial charge in [-0.05, 0) is 37.3 Å². The first-order chi connectivity index (χ1) is 14.8. The number of aromatic nitrogens is 3. The number of benzene rings is 2. The lowest BCUT2D eigenvalue weighted by atomic mass is 10.2. The van der Waals surface area contributed by atoms with Gasteiger partial charge < -0.3 is 15.2 Å². The number of amides is 2. The molecule has 0 aliphatic heterocycles. The maximum Gasteiger partial charge on any atom is 0.251 e. The van der Waals surface area contributed by atoms with Gasteiger partial charge in [0.1, 0.15) is 0 Å². The van der Waals surface area contributed by atoms with Crippen LogP contribution in [0.25, 0.3) is 0 Å². The molecule has 2 aromatic carbocycles. The molecule has 31 heavy (non-hydrogen) atoms. The Bertz CT molecular complexity index is 1120. The Hall–Kier alpha value is -2.26. The molecule has 3 aromatic rings. The zero-order valence-electron chi connectivity index (χ0n) is 16.5. The molecule has 0 bridgehead atoms. The molecular weight excluding hydrogens is 481 g/mol. The molecule has 0 aliphatic rings. The van der Waals surface area contributed by atoms with Crippen LogP contribution < -0.4 is 10.6 Å². The van der Waals surface area contributed by atoms with Crippen LogP contribution in [-0.2, 0) is 11.8 Å². The molecule has 0 radical (unpaired) electrons. The SMILES string of the molecule is C[C@@H](NC(=O)c1ccc(Cl)c(Cl)c1)c1nnc(SCC(=O)Nc2ccccc2Cl)n1C. The van der Waals surface area contributed by atoms with Gasteiger partial charge in [0, 0.05) is 12.6 Å². The third-order valence-corrected chi connectivity index (χ3v) is 6.35. The first-order valence-electron chi connectivity index (χ1n) is 9.08. The summed E-state index contributed by atoms with van der Waals surface area (Å²) in [5.41, 5.74) is 0.932. The summed E-state index contributed by atoms with van der Waals surface area (Å²) < 4.78 is 1.73. The molecule has 0 saturated heterocycles. The molecule has 2 amide bonds. The van der Waals surface area contributed by atoms with Gasteiger partial charge in [-0.2, -0.15) is 0 Å². The van der Waals surface area contributed by atoms with Crippen molar-refractivity contribution < 1.29 is 9.59 Å². The van der Waals surface area contributed by atoms with Crippen molar-refractivity contribution in [1.29, 1.82) is 0 Å². The highest BCUT2D eigenvalue weighted by atomic mass is 35.5. The summed E-state index contributed by atoms with van der Waals surface area (Å²) in [4.78, 5) is 24.7. The highest BCUT2D eigenvalue weighted by Crippen LogP contribution is 2.24. The standard InChI is InChI=1S/C20H18Cl3N5O2S/c1-11(24-19(30)12-7-8-13(21)15(23)9-12)18-26-27-20(28(18)2)31-10-17(29)25-16-6-4-3-5-14(16)22/h3-9,11H,10H2,1-2H3,(H,24,30)(H,25,29)/t11-/m1/s1. The number of nitrogens with one attached hydrogen (secondary N) is 2. The van der Waals surface area contributed by atoms with Gasteiger partial charge >= 0.3 is 0 Å². The fourth-order valence-electron chi connectivity index (χ4n) is 2.69. The first-order valence-corrected chi connectivity index (χ1v) is 11.2. The Kier molecular flexibility index (Phi) is 7.83. The fourth-order valence-corrected chi connectivity index (χ4v) is 3.89.